The van der Waals surface area contributed by atoms with Crippen LogP contribution in [0.4, 0.5) is 0 Å². The molecule has 5 heteroatoms. The lowest BCUT2D eigenvalue weighted by Gasteiger charge is -2.47. The van der Waals surface area contributed by atoms with Crippen molar-refractivity contribution in [1.82, 2.24) is 15.0 Å². The number of nitrogens with zero attached hydrogens (tertiary/aromatic N) is 4. The van der Waals surface area contributed by atoms with Crippen LogP contribution in [0.3, 0.4) is 0 Å². The third kappa shape index (κ3) is 1.93. The molecule has 2 bridgehead atoms. The highest BCUT2D eigenvalue weighted by atomic mass is 16.1. The highest BCUT2D eigenvalue weighted by molar-refractivity contribution is 5.83. The highest BCUT2D eigenvalue weighted by Crippen LogP contribution is 2.31. The Morgan fingerprint density at radius 1 is 1.15 bits per heavy atom. The Bertz CT molecular complexity index is 622. The molecule has 2 aromatic rings. The first-order valence-electron chi connectivity index (χ1n) is 7.42. The molecule has 3 aliphatic rings. The second-order valence-electron chi connectivity index (χ2n) is 6.20. The van der Waals surface area contributed by atoms with Crippen LogP contribution in [0.25, 0.3) is 11.0 Å². The van der Waals surface area contributed by atoms with Crippen molar-refractivity contribution in [3.05, 3.63) is 24.3 Å². The monoisotopic (exact) mass is 271 g/mol. The van der Waals surface area contributed by atoms with Crippen LogP contribution < -0.4 is 0 Å². The van der Waals surface area contributed by atoms with Crippen LogP contribution >= 0.6 is 0 Å². The highest BCUT2D eigenvalue weighted by Gasteiger charge is 2.44. The number of Topliss-reactive ketones (excluding diaryl/α,β-unsaturated/α-hetero) is 1. The van der Waals surface area contributed by atoms with Crippen molar-refractivity contribution in [3.8, 4) is 0 Å². The average molecular weight is 271 g/mol. The summed E-state index contributed by atoms with van der Waals surface area (Å²) >= 11 is 0. The largest absolute Gasteiger partial charge is 0.316 e. The number of quaternary nitrogens is 1. The minimum Gasteiger partial charge on any atom is -0.316 e. The quantitative estimate of drug-likeness (QED) is 0.789. The molecular weight excluding hydrogens is 252 g/mol. The van der Waals surface area contributed by atoms with Gasteiger partial charge in [0.15, 0.2) is 5.78 Å². The molecule has 5 nitrogen and oxygen atoms in total. The first-order chi connectivity index (χ1) is 9.74. The van der Waals surface area contributed by atoms with Crippen LogP contribution in [-0.4, -0.2) is 51.4 Å². The smallest absolute Gasteiger partial charge is 0.190 e. The molecule has 1 aromatic carbocycles. The molecule has 0 N–H and O–H groups in total. The number of ketones is 1. The number of piperidine rings is 3. The van der Waals surface area contributed by atoms with Crippen molar-refractivity contribution in [3.63, 3.8) is 0 Å². The van der Waals surface area contributed by atoms with E-state index in [4.69, 9.17) is 0 Å². The fourth-order valence-electron chi connectivity index (χ4n) is 3.66. The molecule has 20 heavy (non-hydrogen) atoms. The second kappa shape index (κ2) is 4.38. The summed E-state index contributed by atoms with van der Waals surface area (Å²) in [4.78, 5) is 13.8. The second-order valence-corrected chi connectivity index (χ2v) is 6.20. The first kappa shape index (κ1) is 12.0. The Morgan fingerprint density at radius 2 is 1.80 bits per heavy atom. The maximum absolute atomic E-state index is 12.0. The topological polar surface area (TPSA) is 47.8 Å². The van der Waals surface area contributed by atoms with Crippen molar-refractivity contribution in [1.29, 1.82) is 0 Å². The molecule has 0 saturated carbocycles. The van der Waals surface area contributed by atoms with Gasteiger partial charge in [-0.25, -0.2) is 0 Å². The van der Waals surface area contributed by atoms with Gasteiger partial charge in [-0.2, -0.15) is 15.0 Å². The minimum atomic E-state index is 0.361. The van der Waals surface area contributed by atoms with Gasteiger partial charge in [0.2, 0.25) is 0 Å². The molecule has 1 aromatic heterocycles. The van der Waals surface area contributed by atoms with Gasteiger partial charge >= 0.3 is 0 Å². The normalized spacial score (nSPS) is 29.2. The Labute approximate surface area is 117 Å². The van der Waals surface area contributed by atoms with Gasteiger partial charge < -0.3 is 4.48 Å². The number of aromatic nitrogens is 3. The van der Waals surface area contributed by atoms with Gasteiger partial charge in [-0.15, -0.1) is 0 Å². The zero-order valence-corrected chi connectivity index (χ0v) is 11.5. The third-order valence-corrected chi connectivity index (χ3v) is 4.95. The molecule has 3 aliphatic heterocycles. The van der Waals surface area contributed by atoms with E-state index in [1.165, 1.54) is 0 Å². The van der Waals surface area contributed by atoms with E-state index in [0.29, 0.717) is 11.7 Å². The summed E-state index contributed by atoms with van der Waals surface area (Å²) in [5.41, 5.74) is 1.89. The van der Waals surface area contributed by atoms with E-state index >= 15 is 0 Å². The lowest BCUT2D eigenvalue weighted by atomic mass is 9.84. The molecule has 3 fully saturated rings. The predicted octanol–water partition coefficient (Wildman–Crippen LogP) is 1.24. The van der Waals surface area contributed by atoms with Crippen LogP contribution in [0.2, 0.25) is 0 Å². The van der Waals surface area contributed by atoms with Crippen molar-refractivity contribution in [2.24, 2.45) is 5.92 Å². The zero-order chi connectivity index (χ0) is 13.6. The van der Waals surface area contributed by atoms with Crippen molar-refractivity contribution < 1.29 is 9.28 Å². The first-order valence-corrected chi connectivity index (χ1v) is 7.42. The van der Waals surface area contributed by atoms with Gasteiger partial charge in [0.25, 0.3) is 0 Å². The van der Waals surface area contributed by atoms with Crippen LogP contribution in [0.1, 0.15) is 12.8 Å². The number of hydrogen-bond donors (Lipinski definition) is 0. The summed E-state index contributed by atoms with van der Waals surface area (Å²) < 4.78 is 0.952. The SMILES string of the molecule is O=C1C[N+]2(CCn3nc4ccccc4n3)CCC1CC2. The zero-order valence-electron chi connectivity index (χ0n) is 11.5. The van der Waals surface area contributed by atoms with Crippen LogP contribution in [0, 0.1) is 5.92 Å². The summed E-state index contributed by atoms with van der Waals surface area (Å²) in [7, 11) is 0. The number of fused-ring (bicyclic) bond motifs is 4. The molecule has 104 valence electrons. The number of carbonyl (C=O) groups excluding carboxylic acids is 1. The van der Waals surface area contributed by atoms with Crippen molar-refractivity contribution in [2.45, 2.75) is 19.4 Å². The summed E-state index contributed by atoms with van der Waals surface area (Å²) in [6, 6.07) is 7.94. The number of hydrogen-bond acceptors (Lipinski definition) is 3. The van der Waals surface area contributed by atoms with E-state index in [0.717, 1.165) is 61.1 Å². The average Bonchev–Trinajstić information content (AvgIpc) is 2.89. The van der Waals surface area contributed by atoms with E-state index < -0.39 is 0 Å². The van der Waals surface area contributed by atoms with E-state index in [-0.39, 0.29) is 0 Å². The van der Waals surface area contributed by atoms with Crippen LogP contribution in [0.15, 0.2) is 24.3 Å². The standard InChI is InChI=1S/C15H19N4O/c20-15-11-19(8-5-12(15)6-9-19)10-7-18-16-13-3-1-2-4-14(13)17-18/h1-4,12H,5-11H2/q+1. The molecule has 0 amide bonds. The van der Waals surface area contributed by atoms with Gasteiger partial charge in [0, 0.05) is 18.8 Å². The minimum absolute atomic E-state index is 0.361. The van der Waals surface area contributed by atoms with Crippen molar-refractivity contribution in [2.75, 3.05) is 26.2 Å². The van der Waals surface area contributed by atoms with E-state index in [9.17, 15) is 4.79 Å². The number of benzene rings is 1. The molecule has 5 rings (SSSR count). The lowest BCUT2D eigenvalue weighted by Crippen LogP contribution is -2.63. The molecule has 0 unspecified atom stereocenters. The Kier molecular flexibility index (Phi) is 2.63. The fourth-order valence-corrected chi connectivity index (χ4v) is 3.66. The molecule has 3 saturated heterocycles. The maximum atomic E-state index is 12.0. The van der Waals surface area contributed by atoms with E-state index in [1.54, 1.807) is 4.80 Å². The molecule has 0 atom stereocenters. The molecule has 0 radical (unpaired) electrons. The lowest BCUT2D eigenvalue weighted by molar-refractivity contribution is -0.931. The fraction of sp³-hybridized carbons (Fsp3) is 0.533. The summed E-state index contributed by atoms with van der Waals surface area (Å²) in [6.07, 6.45) is 2.15. The van der Waals surface area contributed by atoms with Gasteiger partial charge in [-0.05, 0) is 12.1 Å². The summed E-state index contributed by atoms with van der Waals surface area (Å²) in [5, 5.41) is 9.01. The van der Waals surface area contributed by atoms with Gasteiger partial charge in [0.1, 0.15) is 30.7 Å². The van der Waals surface area contributed by atoms with Crippen LogP contribution in [0.5, 0.6) is 0 Å². The molecule has 0 aliphatic carbocycles. The predicted molar refractivity (Wildman–Crippen MR) is 75.0 cm³/mol. The molecule has 0 spiro atoms. The summed E-state index contributed by atoms with van der Waals surface area (Å²) in [5.74, 6) is 0.835. The van der Waals surface area contributed by atoms with Gasteiger partial charge in [0.05, 0.1) is 13.1 Å². The summed E-state index contributed by atoms with van der Waals surface area (Å²) in [6.45, 7) is 4.80. The molecular formula is C15H19N4O+. The Morgan fingerprint density at radius 3 is 2.40 bits per heavy atom. The maximum Gasteiger partial charge on any atom is 0.190 e. The van der Waals surface area contributed by atoms with Gasteiger partial charge in [-0.3, -0.25) is 4.79 Å². The van der Waals surface area contributed by atoms with Crippen LogP contribution in [-0.2, 0) is 11.3 Å². The van der Waals surface area contributed by atoms with E-state index in [1.807, 2.05) is 24.3 Å². The van der Waals surface area contributed by atoms with Gasteiger partial charge in [-0.1, -0.05) is 12.1 Å². The number of rotatable bonds is 3. The Hall–Kier alpha value is -1.75. The molecule has 4 heterocycles. The number of carbonyl (C=O) groups is 1. The van der Waals surface area contributed by atoms with Crippen molar-refractivity contribution >= 4 is 16.8 Å². The third-order valence-electron chi connectivity index (χ3n) is 4.95. The Balaban J connectivity index is 1.51. The van der Waals surface area contributed by atoms with E-state index in [2.05, 4.69) is 10.2 Å².